The van der Waals surface area contributed by atoms with Gasteiger partial charge in [-0.05, 0) is 30.2 Å². The van der Waals surface area contributed by atoms with Crippen molar-refractivity contribution in [3.05, 3.63) is 53.6 Å². The Kier molecular flexibility index (Phi) is 6.44. The Balaban J connectivity index is 2.03. The molecule has 0 aliphatic rings. The molecular weight excluding hydrogens is 314 g/mol. The molecule has 0 atom stereocenters. The lowest BCUT2D eigenvalue weighted by Crippen LogP contribution is -2.36. The van der Waals surface area contributed by atoms with E-state index in [9.17, 15) is 4.79 Å². The molecule has 23 heavy (non-hydrogen) atoms. The van der Waals surface area contributed by atoms with E-state index in [0.717, 1.165) is 11.1 Å². The molecule has 0 radical (unpaired) electrons. The molecule has 122 valence electrons. The minimum absolute atomic E-state index is 0.0634. The second-order valence-corrected chi connectivity index (χ2v) is 5.40. The fraction of sp³-hybridized carbons (Fsp3) is 0.278. The van der Waals surface area contributed by atoms with Gasteiger partial charge in [-0.15, -0.1) is 0 Å². The first kappa shape index (κ1) is 17.3. The SMILES string of the molecule is CCN(CCO)C(=O)COc1ccc(-c2ccccc2)cc1Cl. The van der Waals surface area contributed by atoms with Crippen molar-refractivity contribution in [2.75, 3.05) is 26.3 Å². The maximum atomic E-state index is 12.0. The molecule has 5 heteroatoms. The van der Waals surface area contributed by atoms with Crippen molar-refractivity contribution in [3.8, 4) is 16.9 Å². The molecule has 0 aromatic heterocycles. The molecule has 0 aliphatic carbocycles. The van der Waals surface area contributed by atoms with Gasteiger partial charge in [0.2, 0.25) is 0 Å². The zero-order valence-electron chi connectivity index (χ0n) is 13.0. The third kappa shape index (κ3) is 4.71. The van der Waals surface area contributed by atoms with Crippen LogP contribution in [0.1, 0.15) is 6.92 Å². The van der Waals surface area contributed by atoms with Crippen molar-refractivity contribution in [3.63, 3.8) is 0 Å². The first-order valence-corrected chi connectivity index (χ1v) is 7.90. The highest BCUT2D eigenvalue weighted by atomic mass is 35.5. The lowest BCUT2D eigenvalue weighted by Gasteiger charge is -2.20. The van der Waals surface area contributed by atoms with Crippen molar-refractivity contribution < 1.29 is 14.6 Å². The minimum Gasteiger partial charge on any atom is -0.482 e. The summed E-state index contributed by atoms with van der Waals surface area (Å²) < 4.78 is 5.51. The topological polar surface area (TPSA) is 49.8 Å². The van der Waals surface area contributed by atoms with Gasteiger partial charge in [-0.1, -0.05) is 48.0 Å². The lowest BCUT2D eigenvalue weighted by molar-refractivity contribution is -0.133. The average Bonchev–Trinajstić information content (AvgIpc) is 2.59. The van der Waals surface area contributed by atoms with Gasteiger partial charge in [-0.2, -0.15) is 0 Å². The largest absolute Gasteiger partial charge is 0.482 e. The van der Waals surface area contributed by atoms with Crippen LogP contribution in [0.3, 0.4) is 0 Å². The molecule has 0 spiro atoms. The van der Waals surface area contributed by atoms with Gasteiger partial charge in [-0.25, -0.2) is 0 Å². The van der Waals surface area contributed by atoms with Crippen molar-refractivity contribution in [1.82, 2.24) is 4.90 Å². The van der Waals surface area contributed by atoms with Crippen LogP contribution in [0.2, 0.25) is 5.02 Å². The van der Waals surface area contributed by atoms with Crippen LogP contribution in [-0.2, 0) is 4.79 Å². The van der Waals surface area contributed by atoms with Crippen LogP contribution in [0.25, 0.3) is 11.1 Å². The summed E-state index contributed by atoms with van der Waals surface area (Å²) in [6.07, 6.45) is 0. The van der Waals surface area contributed by atoms with E-state index in [-0.39, 0.29) is 19.1 Å². The first-order valence-electron chi connectivity index (χ1n) is 7.52. The fourth-order valence-corrected chi connectivity index (χ4v) is 2.47. The Labute approximate surface area is 141 Å². The van der Waals surface area contributed by atoms with Gasteiger partial charge < -0.3 is 14.7 Å². The molecule has 2 rings (SSSR count). The van der Waals surface area contributed by atoms with Gasteiger partial charge >= 0.3 is 0 Å². The predicted molar refractivity (Wildman–Crippen MR) is 91.7 cm³/mol. The van der Waals surface area contributed by atoms with Crippen LogP contribution < -0.4 is 4.74 Å². The molecule has 0 bridgehead atoms. The molecule has 2 aromatic rings. The highest BCUT2D eigenvalue weighted by molar-refractivity contribution is 6.32. The van der Waals surface area contributed by atoms with Gasteiger partial charge in [-0.3, -0.25) is 4.79 Å². The minimum atomic E-state index is -0.176. The summed E-state index contributed by atoms with van der Waals surface area (Å²) in [5.74, 6) is 0.296. The van der Waals surface area contributed by atoms with Crippen molar-refractivity contribution >= 4 is 17.5 Å². The number of aliphatic hydroxyl groups excluding tert-OH is 1. The van der Waals surface area contributed by atoms with E-state index in [1.807, 2.05) is 49.4 Å². The molecule has 1 amide bonds. The third-order valence-electron chi connectivity index (χ3n) is 3.49. The number of hydrogen-bond acceptors (Lipinski definition) is 3. The number of rotatable bonds is 7. The highest BCUT2D eigenvalue weighted by Crippen LogP contribution is 2.30. The number of halogens is 1. The molecule has 1 N–H and O–H groups in total. The second kappa shape index (κ2) is 8.56. The molecule has 4 nitrogen and oxygen atoms in total. The highest BCUT2D eigenvalue weighted by Gasteiger charge is 2.13. The monoisotopic (exact) mass is 333 g/mol. The third-order valence-corrected chi connectivity index (χ3v) is 3.79. The van der Waals surface area contributed by atoms with Crippen LogP contribution in [0, 0.1) is 0 Å². The van der Waals surface area contributed by atoms with Crippen molar-refractivity contribution in [2.24, 2.45) is 0 Å². The Bertz CT molecular complexity index is 646. The van der Waals surface area contributed by atoms with Crippen LogP contribution >= 0.6 is 11.6 Å². The average molecular weight is 334 g/mol. The van der Waals surface area contributed by atoms with Gasteiger partial charge in [0.15, 0.2) is 6.61 Å². The molecule has 0 heterocycles. The number of amides is 1. The number of nitrogens with zero attached hydrogens (tertiary/aromatic N) is 1. The smallest absolute Gasteiger partial charge is 0.260 e. The molecule has 0 saturated carbocycles. The number of benzene rings is 2. The fourth-order valence-electron chi connectivity index (χ4n) is 2.24. The van der Waals surface area contributed by atoms with Gasteiger partial charge in [0.05, 0.1) is 11.6 Å². The van der Waals surface area contributed by atoms with E-state index in [1.54, 1.807) is 6.07 Å². The van der Waals surface area contributed by atoms with E-state index in [0.29, 0.717) is 23.9 Å². The summed E-state index contributed by atoms with van der Waals surface area (Å²) in [5, 5.41) is 9.39. The van der Waals surface area contributed by atoms with E-state index in [4.69, 9.17) is 21.4 Å². The van der Waals surface area contributed by atoms with Crippen molar-refractivity contribution in [1.29, 1.82) is 0 Å². The van der Waals surface area contributed by atoms with E-state index in [2.05, 4.69) is 0 Å². The molecule has 0 unspecified atom stereocenters. The Morgan fingerprint density at radius 3 is 2.52 bits per heavy atom. The summed E-state index contributed by atoms with van der Waals surface area (Å²) in [7, 11) is 0. The zero-order valence-corrected chi connectivity index (χ0v) is 13.8. The number of hydrogen-bond donors (Lipinski definition) is 1. The molecule has 0 fully saturated rings. The van der Waals surface area contributed by atoms with Crippen molar-refractivity contribution in [2.45, 2.75) is 6.92 Å². The Hall–Kier alpha value is -2.04. The first-order chi connectivity index (χ1) is 11.2. The zero-order chi connectivity index (χ0) is 16.7. The van der Waals surface area contributed by atoms with Gasteiger partial charge in [0.25, 0.3) is 5.91 Å². The Morgan fingerprint density at radius 1 is 1.17 bits per heavy atom. The summed E-state index contributed by atoms with van der Waals surface area (Å²) in [6.45, 7) is 2.53. The maximum absolute atomic E-state index is 12.0. The number of carbonyl (C=O) groups excluding carboxylic acids is 1. The summed E-state index contributed by atoms with van der Waals surface area (Å²) in [5.41, 5.74) is 2.06. The number of likely N-dealkylation sites (N-methyl/N-ethyl adjacent to an activating group) is 1. The molecular formula is C18H20ClNO3. The number of aliphatic hydroxyl groups is 1. The van der Waals surface area contributed by atoms with Crippen LogP contribution in [0.15, 0.2) is 48.5 Å². The quantitative estimate of drug-likeness (QED) is 0.846. The van der Waals surface area contributed by atoms with E-state index in [1.165, 1.54) is 4.90 Å². The van der Waals surface area contributed by atoms with Gasteiger partial charge in [0.1, 0.15) is 5.75 Å². The molecule has 2 aromatic carbocycles. The molecule has 0 saturated heterocycles. The van der Waals surface area contributed by atoms with E-state index >= 15 is 0 Å². The number of ether oxygens (including phenoxy) is 1. The number of carbonyl (C=O) groups is 1. The molecule has 0 aliphatic heterocycles. The van der Waals surface area contributed by atoms with E-state index < -0.39 is 0 Å². The Morgan fingerprint density at radius 2 is 1.91 bits per heavy atom. The standard InChI is InChI=1S/C18H20ClNO3/c1-2-20(10-11-21)18(22)13-23-17-9-8-15(12-16(17)19)14-6-4-3-5-7-14/h3-9,12,21H,2,10-11,13H2,1H3. The second-order valence-electron chi connectivity index (χ2n) is 5.00. The van der Waals surface area contributed by atoms with Gasteiger partial charge in [0, 0.05) is 13.1 Å². The summed E-state index contributed by atoms with van der Waals surface area (Å²) in [6, 6.07) is 15.4. The predicted octanol–water partition coefficient (Wildman–Crippen LogP) is 3.23. The summed E-state index contributed by atoms with van der Waals surface area (Å²) in [4.78, 5) is 13.5. The maximum Gasteiger partial charge on any atom is 0.260 e. The van der Waals surface area contributed by atoms with Crippen LogP contribution in [-0.4, -0.2) is 42.2 Å². The van der Waals surface area contributed by atoms with Crippen LogP contribution in [0.5, 0.6) is 5.75 Å². The summed E-state index contributed by atoms with van der Waals surface area (Å²) >= 11 is 6.25. The van der Waals surface area contributed by atoms with Crippen LogP contribution in [0.4, 0.5) is 0 Å². The lowest BCUT2D eigenvalue weighted by atomic mass is 10.1. The normalized spacial score (nSPS) is 10.4.